The van der Waals surface area contributed by atoms with Crippen molar-refractivity contribution in [1.82, 2.24) is 0 Å². The molecule has 72 valence electrons. The summed E-state index contributed by atoms with van der Waals surface area (Å²) in [4.78, 5) is 1.16. The van der Waals surface area contributed by atoms with Crippen LogP contribution in [0.1, 0.15) is 27.2 Å². The first-order chi connectivity index (χ1) is 6.14. The van der Waals surface area contributed by atoms with Gasteiger partial charge in [-0.05, 0) is 32.4 Å². The molecule has 0 radical (unpaired) electrons. The zero-order valence-electron chi connectivity index (χ0n) is 8.41. The lowest BCUT2D eigenvalue weighted by molar-refractivity contribution is 0.136. The minimum atomic E-state index is -0.0412. The molecule has 13 heavy (non-hydrogen) atoms. The highest BCUT2D eigenvalue weighted by Crippen LogP contribution is 2.27. The lowest BCUT2D eigenvalue weighted by Crippen LogP contribution is -2.19. The zero-order chi connectivity index (χ0) is 9.73. The van der Waals surface area contributed by atoms with E-state index in [9.17, 15) is 0 Å². The maximum absolute atomic E-state index is 5.68. The van der Waals surface area contributed by atoms with E-state index in [2.05, 4.69) is 32.9 Å². The van der Waals surface area contributed by atoms with E-state index in [1.807, 2.05) is 18.2 Å². The number of hydrogen-bond donors (Lipinski definition) is 0. The van der Waals surface area contributed by atoms with Gasteiger partial charge in [-0.2, -0.15) is 0 Å². The molecule has 0 N–H and O–H groups in total. The second-order valence-corrected chi connectivity index (χ2v) is 4.40. The average molecular weight is 196 g/mol. The third-order valence-electron chi connectivity index (χ3n) is 1.96. The van der Waals surface area contributed by atoms with E-state index in [4.69, 9.17) is 4.18 Å². The fraction of sp³-hybridized carbons (Fsp3) is 0.455. The minimum Gasteiger partial charge on any atom is -0.304 e. The van der Waals surface area contributed by atoms with Gasteiger partial charge in [-0.3, -0.25) is 0 Å². The molecule has 0 spiro atoms. The number of rotatable bonds is 4. The summed E-state index contributed by atoms with van der Waals surface area (Å²) in [6, 6.07) is 10.1. The van der Waals surface area contributed by atoms with Crippen LogP contribution in [-0.2, 0) is 4.18 Å². The van der Waals surface area contributed by atoms with Crippen molar-refractivity contribution in [2.45, 2.75) is 37.7 Å². The van der Waals surface area contributed by atoms with Gasteiger partial charge in [0.2, 0.25) is 0 Å². The van der Waals surface area contributed by atoms with E-state index in [0.717, 1.165) is 11.3 Å². The molecule has 0 aliphatic rings. The Morgan fingerprint density at radius 2 is 1.85 bits per heavy atom. The Kier molecular flexibility index (Phi) is 3.82. The average Bonchev–Trinajstić information content (AvgIpc) is 2.17. The van der Waals surface area contributed by atoms with E-state index >= 15 is 0 Å². The van der Waals surface area contributed by atoms with E-state index in [1.54, 1.807) is 0 Å². The first-order valence-electron chi connectivity index (χ1n) is 4.55. The van der Waals surface area contributed by atoms with Crippen molar-refractivity contribution in [1.29, 1.82) is 0 Å². The Hall–Kier alpha value is -0.470. The standard InChI is InChI=1S/C11H16OS/c1-4-11(2,3)12-13-10-8-6-5-7-9-10/h5-9H,4H2,1-3H3. The highest BCUT2D eigenvalue weighted by atomic mass is 32.2. The molecule has 1 nitrogen and oxygen atoms in total. The summed E-state index contributed by atoms with van der Waals surface area (Å²) in [5, 5.41) is 0. The first-order valence-corrected chi connectivity index (χ1v) is 5.29. The van der Waals surface area contributed by atoms with Crippen LogP contribution in [0.2, 0.25) is 0 Å². The SMILES string of the molecule is CCC(C)(C)OSc1ccccc1. The molecule has 0 saturated carbocycles. The maximum Gasteiger partial charge on any atom is 0.0775 e. The number of benzene rings is 1. The van der Waals surface area contributed by atoms with Gasteiger partial charge in [-0.15, -0.1) is 0 Å². The monoisotopic (exact) mass is 196 g/mol. The van der Waals surface area contributed by atoms with Crippen LogP contribution in [0.5, 0.6) is 0 Å². The summed E-state index contributed by atoms with van der Waals surface area (Å²) in [5.41, 5.74) is -0.0412. The predicted octanol–water partition coefficient (Wildman–Crippen LogP) is 3.90. The highest BCUT2D eigenvalue weighted by molar-refractivity contribution is 7.94. The molecule has 0 aromatic heterocycles. The molecule has 0 aliphatic carbocycles. The van der Waals surface area contributed by atoms with E-state index in [1.165, 1.54) is 12.0 Å². The number of hydrogen-bond acceptors (Lipinski definition) is 2. The molecule has 0 saturated heterocycles. The van der Waals surface area contributed by atoms with Gasteiger partial charge >= 0.3 is 0 Å². The van der Waals surface area contributed by atoms with Crippen molar-refractivity contribution in [2.75, 3.05) is 0 Å². The molecule has 0 atom stereocenters. The van der Waals surface area contributed by atoms with Crippen LogP contribution in [0.3, 0.4) is 0 Å². The van der Waals surface area contributed by atoms with Crippen LogP contribution in [0.4, 0.5) is 0 Å². The molecule has 0 bridgehead atoms. The van der Waals surface area contributed by atoms with Crippen LogP contribution >= 0.6 is 12.0 Å². The van der Waals surface area contributed by atoms with Gasteiger partial charge in [0.25, 0.3) is 0 Å². The van der Waals surface area contributed by atoms with Gasteiger partial charge < -0.3 is 4.18 Å². The van der Waals surface area contributed by atoms with Gasteiger partial charge in [0.1, 0.15) is 0 Å². The summed E-state index contributed by atoms with van der Waals surface area (Å²) in [6.45, 7) is 6.33. The van der Waals surface area contributed by atoms with Gasteiger partial charge in [0.15, 0.2) is 0 Å². The minimum absolute atomic E-state index is 0.0412. The summed E-state index contributed by atoms with van der Waals surface area (Å²) in [5.74, 6) is 0. The van der Waals surface area contributed by atoms with E-state index < -0.39 is 0 Å². The van der Waals surface area contributed by atoms with Crippen LogP contribution < -0.4 is 0 Å². The maximum atomic E-state index is 5.68. The summed E-state index contributed by atoms with van der Waals surface area (Å²) < 4.78 is 5.68. The molecular formula is C11H16OS. The molecule has 2 heteroatoms. The largest absolute Gasteiger partial charge is 0.304 e. The molecule has 1 aromatic carbocycles. The lowest BCUT2D eigenvalue weighted by atomic mass is 10.1. The van der Waals surface area contributed by atoms with Gasteiger partial charge in [-0.25, -0.2) is 0 Å². The van der Waals surface area contributed by atoms with Crippen molar-refractivity contribution in [3.8, 4) is 0 Å². The summed E-state index contributed by atoms with van der Waals surface area (Å²) in [6.07, 6.45) is 1.02. The Balaban J connectivity index is 2.44. The third-order valence-corrected chi connectivity index (χ3v) is 2.96. The summed E-state index contributed by atoms with van der Waals surface area (Å²) in [7, 11) is 0. The van der Waals surface area contributed by atoms with E-state index in [0.29, 0.717) is 0 Å². The van der Waals surface area contributed by atoms with Crippen molar-refractivity contribution >= 4 is 12.0 Å². The topological polar surface area (TPSA) is 9.23 Å². The zero-order valence-corrected chi connectivity index (χ0v) is 9.23. The Morgan fingerprint density at radius 1 is 1.23 bits per heavy atom. The van der Waals surface area contributed by atoms with Crippen molar-refractivity contribution in [2.24, 2.45) is 0 Å². The second kappa shape index (κ2) is 4.68. The molecule has 1 aromatic rings. The normalized spacial score (nSPS) is 11.6. The predicted molar refractivity (Wildman–Crippen MR) is 57.8 cm³/mol. The Bertz CT molecular complexity index is 244. The smallest absolute Gasteiger partial charge is 0.0775 e. The molecule has 0 aliphatic heterocycles. The molecule has 0 fully saturated rings. The molecule has 1 rings (SSSR count). The summed E-state index contributed by atoms with van der Waals surface area (Å²) >= 11 is 1.45. The lowest BCUT2D eigenvalue weighted by Gasteiger charge is -2.21. The van der Waals surface area contributed by atoms with Crippen molar-refractivity contribution < 1.29 is 4.18 Å². The quantitative estimate of drug-likeness (QED) is 0.675. The molecule has 0 unspecified atom stereocenters. The van der Waals surface area contributed by atoms with Gasteiger partial charge in [0.05, 0.1) is 5.60 Å². The fourth-order valence-corrected chi connectivity index (χ4v) is 1.40. The molecule has 0 heterocycles. The van der Waals surface area contributed by atoms with E-state index in [-0.39, 0.29) is 5.60 Å². The third kappa shape index (κ3) is 3.83. The van der Waals surface area contributed by atoms with Crippen LogP contribution in [0.15, 0.2) is 35.2 Å². The Labute approximate surface area is 84.7 Å². The van der Waals surface area contributed by atoms with Crippen LogP contribution in [0, 0.1) is 0 Å². The highest BCUT2D eigenvalue weighted by Gasteiger charge is 2.15. The van der Waals surface area contributed by atoms with Crippen LogP contribution in [-0.4, -0.2) is 5.60 Å². The fourth-order valence-electron chi connectivity index (χ4n) is 0.696. The van der Waals surface area contributed by atoms with Crippen molar-refractivity contribution in [3.05, 3.63) is 30.3 Å². The van der Waals surface area contributed by atoms with Gasteiger partial charge in [0, 0.05) is 16.9 Å². The molecular weight excluding hydrogens is 180 g/mol. The van der Waals surface area contributed by atoms with Crippen molar-refractivity contribution in [3.63, 3.8) is 0 Å². The first kappa shape index (κ1) is 10.6. The molecule has 0 amide bonds. The Morgan fingerprint density at radius 3 is 2.38 bits per heavy atom. The van der Waals surface area contributed by atoms with Crippen LogP contribution in [0.25, 0.3) is 0 Å². The second-order valence-electron chi connectivity index (χ2n) is 3.59. The van der Waals surface area contributed by atoms with Gasteiger partial charge in [-0.1, -0.05) is 25.1 Å².